The fourth-order valence-electron chi connectivity index (χ4n) is 1.57. The third kappa shape index (κ3) is 1.71. The van der Waals surface area contributed by atoms with Gasteiger partial charge in [-0.05, 0) is 5.92 Å². The van der Waals surface area contributed by atoms with E-state index in [0.717, 1.165) is 0 Å². The van der Waals surface area contributed by atoms with Crippen molar-refractivity contribution in [1.82, 2.24) is 10.6 Å². The van der Waals surface area contributed by atoms with Crippen molar-refractivity contribution in [3.63, 3.8) is 0 Å². The maximum atomic E-state index is 11.2. The van der Waals surface area contributed by atoms with Gasteiger partial charge >= 0.3 is 0 Å². The first-order valence-electron chi connectivity index (χ1n) is 4.14. The maximum Gasteiger partial charge on any atom is 0.225 e. The standard InChI is InChI=1S/C8H16N2O/c1-5(2)7-6(3)8(11)10-4-9-7/h5-7,9H,4H2,1-3H3,(H,10,11). The van der Waals surface area contributed by atoms with E-state index in [1.807, 2.05) is 6.92 Å². The minimum Gasteiger partial charge on any atom is -0.343 e. The van der Waals surface area contributed by atoms with Gasteiger partial charge in [-0.1, -0.05) is 20.8 Å². The van der Waals surface area contributed by atoms with Gasteiger partial charge in [0.15, 0.2) is 0 Å². The molecule has 1 heterocycles. The molecule has 11 heavy (non-hydrogen) atoms. The smallest absolute Gasteiger partial charge is 0.225 e. The van der Waals surface area contributed by atoms with Crippen LogP contribution >= 0.6 is 0 Å². The number of nitrogens with one attached hydrogen (secondary N) is 2. The first-order chi connectivity index (χ1) is 5.13. The van der Waals surface area contributed by atoms with Crippen molar-refractivity contribution < 1.29 is 4.79 Å². The number of amides is 1. The molecule has 1 fully saturated rings. The molecular formula is C8H16N2O. The van der Waals surface area contributed by atoms with Gasteiger partial charge in [0, 0.05) is 6.04 Å². The highest BCUT2D eigenvalue weighted by molar-refractivity contribution is 5.79. The van der Waals surface area contributed by atoms with Crippen molar-refractivity contribution in [2.24, 2.45) is 11.8 Å². The average Bonchev–Trinajstić information content (AvgIpc) is 1.94. The molecule has 0 aromatic carbocycles. The predicted molar refractivity (Wildman–Crippen MR) is 43.9 cm³/mol. The summed E-state index contributed by atoms with van der Waals surface area (Å²) >= 11 is 0. The quantitative estimate of drug-likeness (QED) is 0.574. The Morgan fingerprint density at radius 1 is 1.55 bits per heavy atom. The predicted octanol–water partition coefficient (Wildman–Crippen LogP) is 0.324. The largest absolute Gasteiger partial charge is 0.343 e. The topological polar surface area (TPSA) is 41.1 Å². The lowest BCUT2D eigenvalue weighted by molar-refractivity contribution is -0.127. The highest BCUT2D eigenvalue weighted by atomic mass is 16.2. The SMILES string of the molecule is CC(C)C1NCNC(=O)C1C. The van der Waals surface area contributed by atoms with Crippen LogP contribution in [-0.2, 0) is 4.79 Å². The van der Waals surface area contributed by atoms with E-state index >= 15 is 0 Å². The summed E-state index contributed by atoms with van der Waals surface area (Å²) in [6.45, 7) is 6.84. The van der Waals surface area contributed by atoms with E-state index in [1.54, 1.807) is 0 Å². The Labute approximate surface area is 67.5 Å². The number of carbonyl (C=O) groups excluding carboxylic acids is 1. The third-order valence-corrected chi connectivity index (χ3v) is 2.27. The summed E-state index contributed by atoms with van der Waals surface area (Å²) in [6.07, 6.45) is 0. The Hall–Kier alpha value is -0.570. The summed E-state index contributed by atoms with van der Waals surface area (Å²) in [5.74, 6) is 0.794. The summed E-state index contributed by atoms with van der Waals surface area (Å²) < 4.78 is 0. The Morgan fingerprint density at radius 3 is 2.64 bits per heavy atom. The van der Waals surface area contributed by atoms with Gasteiger partial charge in [0.25, 0.3) is 0 Å². The molecule has 0 bridgehead atoms. The molecule has 2 atom stereocenters. The van der Waals surface area contributed by atoms with Gasteiger partial charge in [-0.2, -0.15) is 0 Å². The van der Waals surface area contributed by atoms with Crippen LogP contribution in [0.4, 0.5) is 0 Å². The van der Waals surface area contributed by atoms with Crippen LogP contribution in [0.5, 0.6) is 0 Å². The Balaban J connectivity index is 2.58. The van der Waals surface area contributed by atoms with Crippen molar-refractivity contribution in [2.45, 2.75) is 26.8 Å². The Bertz CT molecular complexity index is 156. The van der Waals surface area contributed by atoms with Gasteiger partial charge in [0.05, 0.1) is 12.6 Å². The molecule has 3 heteroatoms. The summed E-state index contributed by atoms with van der Waals surface area (Å²) in [6, 6.07) is 0.337. The second-order valence-electron chi connectivity index (χ2n) is 3.48. The van der Waals surface area contributed by atoms with E-state index in [4.69, 9.17) is 0 Å². The Morgan fingerprint density at radius 2 is 2.18 bits per heavy atom. The van der Waals surface area contributed by atoms with E-state index in [1.165, 1.54) is 0 Å². The average molecular weight is 156 g/mol. The molecule has 1 amide bonds. The minimum absolute atomic E-state index is 0.101. The number of hydrogen-bond donors (Lipinski definition) is 2. The molecule has 0 saturated carbocycles. The zero-order valence-electron chi connectivity index (χ0n) is 7.35. The molecule has 1 rings (SSSR count). The molecule has 1 aliphatic rings. The van der Waals surface area contributed by atoms with Crippen LogP contribution in [0.15, 0.2) is 0 Å². The zero-order valence-corrected chi connectivity index (χ0v) is 7.35. The molecule has 3 nitrogen and oxygen atoms in total. The maximum absolute atomic E-state index is 11.2. The number of rotatable bonds is 1. The van der Waals surface area contributed by atoms with Crippen LogP contribution in [0.25, 0.3) is 0 Å². The highest BCUT2D eigenvalue weighted by Crippen LogP contribution is 2.14. The van der Waals surface area contributed by atoms with Crippen LogP contribution in [-0.4, -0.2) is 18.6 Å². The molecule has 64 valence electrons. The summed E-state index contributed by atoms with van der Waals surface area (Å²) in [7, 11) is 0. The molecule has 2 N–H and O–H groups in total. The number of hydrogen-bond acceptors (Lipinski definition) is 2. The Kier molecular flexibility index (Phi) is 2.49. The van der Waals surface area contributed by atoms with Crippen molar-refractivity contribution >= 4 is 5.91 Å². The monoisotopic (exact) mass is 156 g/mol. The molecule has 0 aliphatic carbocycles. The normalized spacial score (nSPS) is 32.2. The van der Waals surface area contributed by atoms with E-state index in [0.29, 0.717) is 18.6 Å². The molecule has 0 aromatic rings. The zero-order chi connectivity index (χ0) is 8.43. The molecule has 0 radical (unpaired) electrons. The van der Waals surface area contributed by atoms with Gasteiger partial charge in [0.1, 0.15) is 0 Å². The molecule has 1 saturated heterocycles. The van der Waals surface area contributed by atoms with E-state index in [2.05, 4.69) is 24.5 Å². The van der Waals surface area contributed by atoms with E-state index in [-0.39, 0.29) is 11.8 Å². The van der Waals surface area contributed by atoms with Gasteiger partial charge in [0.2, 0.25) is 5.91 Å². The van der Waals surface area contributed by atoms with E-state index in [9.17, 15) is 4.79 Å². The lowest BCUT2D eigenvalue weighted by Gasteiger charge is -2.32. The van der Waals surface area contributed by atoms with Gasteiger partial charge in [-0.3, -0.25) is 10.1 Å². The lowest BCUT2D eigenvalue weighted by Crippen LogP contribution is -2.55. The third-order valence-electron chi connectivity index (χ3n) is 2.27. The molecule has 0 aromatic heterocycles. The van der Waals surface area contributed by atoms with Gasteiger partial charge in [-0.15, -0.1) is 0 Å². The lowest BCUT2D eigenvalue weighted by atomic mass is 9.90. The van der Waals surface area contributed by atoms with Gasteiger partial charge < -0.3 is 5.32 Å². The van der Waals surface area contributed by atoms with Crippen LogP contribution in [0.1, 0.15) is 20.8 Å². The second kappa shape index (κ2) is 3.22. The van der Waals surface area contributed by atoms with Crippen molar-refractivity contribution in [3.05, 3.63) is 0 Å². The molecule has 2 unspecified atom stereocenters. The second-order valence-corrected chi connectivity index (χ2v) is 3.48. The fraction of sp³-hybridized carbons (Fsp3) is 0.875. The van der Waals surface area contributed by atoms with Crippen molar-refractivity contribution in [3.8, 4) is 0 Å². The van der Waals surface area contributed by atoms with Crippen LogP contribution in [0.2, 0.25) is 0 Å². The van der Waals surface area contributed by atoms with Crippen LogP contribution in [0.3, 0.4) is 0 Å². The first kappa shape index (κ1) is 8.53. The van der Waals surface area contributed by atoms with Crippen LogP contribution < -0.4 is 10.6 Å². The summed E-state index contributed by atoms with van der Waals surface area (Å²) in [4.78, 5) is 11.2. The van der Waals surface area contributed by atoms with Crippen LogP contribution in [0, 0.1) is 11.8 Å². The minimum atomic E-state index is 0.101. The summed E-state index contributed by atoms with van der Waals surface area (Å²) in [5.41, 5.74) is 0. The molecule has 0 spiro atoms. The first-order valence-corrected chi connectivity index (χ1v) is 4.14. The molecular weight excluding hydrogens is 140 g/mol. The van der Waals surface area contributed by atoms with Crippen molar-refractivity contribution in [2.75, 3.05) is 6.67 Å². The van der Waals surface area contributed by atoms with E-state index < -0.39 is 0 Å². The summed E-state index contributed by atoms with van der Waals surface area (Å²) in [5, 5.41) is 6.03. The number of carbonyl (C=O) groups is 1. The van der Waals surface area contributed by atoms with Gasteiger partial charge in [-0.25, -0.2) is 0 Å². The van der Waals surface area contributed by atoms with Crippen molar-refractivity contribution in [1.29, 1.82) is 0 Å². The fourth-order valence-corrected chi connectivity index (χ4v) is 1.57. The molecule has 1 aliphatic heterocycles. The highest BCUT2D eigenvalue weighted by Gasteiger charge is 2.29.